The van der Waals surface area contributed by atoms with E-state index in [1.54, 1.807) is 46.0 Å². The maximum absolute atomic E-state index is 11.6. The first-order valence-electron chi connectivity index (χ1n) is 5.38. The lowest BCUT2D eigenvalue weighted by molar-refractivity contribution is -0.113. The highest BCUT2D eigenvalue weighted by Crippen LogP contribution is 2.17. The maximum Gasteiger partial charge on any atom is 0.408 e. The molecule has 0 radical (unpaired) electrons. The van der Waals surface area contributed by atoms with Gasteiger partial charge in [-0.25, -0.2) is 4.79 Å². The number of H-pyrrole nitrogens is 1. The molecular formula is C12H18N2O3. The monoisotopic (exact) mass is 238 g/mol. The molecule has 0 bridgehead atoms. The fraction of sp³-hybridized carbons (Fsp3) is 0.500. The van der Waals surface area contributed by atoms with Gasteiger partial charge in [0.05, 0.1) is 0 Å². The average Bonchev–Trinajstić information content (AvgIpc) is 2.67. The minimum absolute atomic E-state index is 0.594. The molecular weight excluding hydrogens is 220 g/mol. The highest BCUT2D eigenvalue weighted by Gasteiger charge is 2.31. The Bertz CT molecular complexity index is 392. The van der Waals surface area contributed by atoms with Gasteiger partial charge in [0.25, 0.3) is 0 Å². The van der Waals surface area contributed by atoms with Gasteiger partial charge in [-0.1, -0.05) is 0 Å². The van der Waals surface area contributed by atoms with Gasteiger partial charge >= 0.3 is 6.09 Å². The van der Waals surface area contributed by atoms with Crippen LogP contribution in [0.4, 0.5) is 4.79 Å². The number of aromatic amines is 1. The molecule has 5 nitrogen and oxygen atoms in total. The van der Waals surface area contributed by atoms with Gasteiger partial charge in [-0.05, 0) is 39.8 Å². The van der Waals surface area contributed by atoms with Gasteiger partial charge in [0.2, 0.25) is 0 Å². The Hall–Kier alpha value is -1.78. The molecule has 94 valence electrons. The van der Waals surface area contributed by atoms with Crippen LogP contribution in [0.2, 0.25) is 0 Å². The molecule has 1 heterocycles. The number of aldehydes is 1. The predicted molar refractivity (Wildman–Crippen MR) is 63.6 cm³/mol. The first kappa shape index (κ1) is 13.3. The maximum atomic E-state index is 11.6. The van der Waals surface area contributed by atoms with Crippen molar-refractivity contribution in [2.45, 2.75) is 38.8 Å². The van der Waals surface area contributed by atoms with Crippen LogP contribution in [0.3, 0.4) is 0 Å². The van der Waals surface area contributed by atoms with Crippen molar-refractivity contribution in [2.75, 3.05) is 0 Å². The summed E-state index contributed by atoms with van der Waals surface area (Å²) in [7, 11) is 0. The van der Waals surface area contributed by atoms with E-state index in [-0.39, 0.29) is 0 Å². The Morgan fingerprint density at radius 3 is 2.47 bits per heavy atom. The fourth-order valence-corrected chi connectivity index (χ4v) is 1.33. The molecule has 1 aromatic heterocycles. The number of carbonyl (C=O) groups is 2. The molecule has 0 saturated heterocycles. The second kappa shape index (κ2) is 4.61. The standard InChI is InChI=1S/C12H18N2O3/c1-11(2,3)17-10(16)14-12(4,8-15)9-6-5-7-13-9/h5-8,13H,1-4H3,(H,14,16). The molecule has 17 heavy (non-hydrogen) atoms. The van der Waals surface area contributed by atoms with E-state index < -0.39 is 17.2 Å². The summed E-state index contributed by atoms with van der Waals surface area (Å²) >= 11 is 0. The summed E-state index contributed by atoms with van der Waals surface area (Å²) < 4.78 is 5.11. The quantitative estimate of drug-likeness (QED) is 0.791. The lowest BCUT2D eigenvalue weighted by Crippen LogP contribution is -2.47. The number of hydrogen-bond donors (Lipinski definition) is 2. The van der Waals surface area contributed by atoms with Crippen molar-refractivity contribution in [1.29, 1.82) is 0 Å². The zero-order chi connectivity index (χ0) is 13.1. The van der Waals surface area contributed by atoms with E-state index in [4.69, 9.17) is 4.74 Å². The van der Waals surface area contributed by atoms with Crippen LogP contribution < -0.4 is 5.32 Å². The minimum Gasteiger partial charge on any atom is -0.444 e. The second-order valence-electron chi connectivity index (χ2n) is 5.03. The van der Waals surface area contributed by atoms with Gasteiger partial charge in [0, 0.05) is 11.9 Å². The van der Waals surface area contributed by atoms with Crippen molar-refractivity contribution in [3.63, 3.8) is 0 Å². The van der Waals surface area contributed by atoms with E-state index in [0.717, 1.165) is 0 Å². The summed E-state index contributed by atoms with van der Waals surface area (Å²) in [6.07, 6.45) is 1.73. The molecule has 0 aromatic carbocycles. The van der Waals surface area contributed by atoms with Gasteiger partial charge in [-0.2, -0.15) is 0 Å². The molecule has 1 rings (SSSR count). The number of hydrogen-bond acceptors (Lipinski definition) is 3. The molecule has 0 aliphatic rings. The summed E-state index contributed by atoms with van der Waals surface area (Å²) in [5.74, 6) is 0. The van der Waals surface area contributed by atoms with Gasteiger partial charge in [0.1, 0.15) is 11.1 Å². The van der Waals surface area contributed by atoms with E-state index in [0.29, 0.717) is 12.0 Å². The number of rotatable bonds is 3. The molecule has 0 aliphatic carbocycles. The van der Waals surface area contributed by atoms with Crippen molar-refractivity contribution in [3.8, 4) is 0 Å². The number of carbonyl (C=O) groups excluding carboxylic acids is 2. The van der Waals surface area contributed by atoms with Crippen molar-refractivity contribution in [3.05, 3.63) is 24.0 Å². The lowest BCUT2D eigenvalue weighted by atomic mass is 10.0. The van der Waals surface area contributed by atoms with Crippen LogP contribution in [-0.2, 0) is 15.1 Å². The predicted octanol–water partition coefficient (Wildman–Crippen LogP) is 1.95. The third-order valence-corrected chi connectivity index (χ3v) is 2.15. The number of ether oxygens (including phenoxy) is 1. The van der Waals surface area contributed by atoms with Crippen molar-refractivity contribution >= 4 is 12.4 Å². The summed E-state index contributed by atoms with van der Waals surface area (Å²) in [6, 6.07) is 3.49. The molecule has 1 amide bonds. The Balaban J connectivity index is 2.77. The highest BCUT2D eigenvalue weighted by molar-refractivity contribution is 5.77. The molecule has 5 heteroatoms. The van der Waals surface area contributed by atoms with Crippen LogP contribution in [0.15, 0.2) is 18.3 Å². The molecule has 1 atom stereocenters. The summed E-state index contributed by atoms with van der Waals surface area (Å²) in [6.45, 7) is 6.90. The van der Waals surface area contributed by atoms with Gasteiger partial charge < -0.3 is 19.8 Å². The number of alkyl carbamates (subject to hydrolysis) is 1. The lowest BCUT2D eigenvalue weighted by Gasteiger charge is -2.26. The molecule has 1 aromatic rings. The second-order valence-corrected chi connectivity index (χ2v) is 5.03. The largest absolute Gasteiger partial charge is 0.444 e. The summed E-state index contributed by atoms with van der Waals surface area (Å²) in [4.78, 5) is 25.7. The van der Waals surface area contributed by atoms with Crippen LogP contribution in [0.5, 0.6) is 0 Å². The van der Waals surface area contributed by atoms with E-state index in [2.05, 4.69) is 10.3 Å². The molecule has 0 spiro atoms. The van der Waals surface area contributed by atoms with E-state index in [1.807, 2.05) is 0 Å². The zero-order valence-electron chi connectivity index (χ0n) is 10.5. The molecule has 0 fully saturated rings. The van der Waals surface area contributed by atoms with Crippen LogP contribution in [-0.4, -0.2) is 23.0 Å². The normalized spacial score (nSPS) is 14.8. The van der Waals surface area contributed by atoms with Crippen molar-refractivity contribution < 1.29 is 14.3 Å². The molecule has 0 saturated carbocycles. The van der Waals surface area contributed by atoms with Crippen molar-refractivity contribution in [2.24, 2.45) is 0 Å². The minimum atomic E-state index is -1.11. The highest BCUT2D eigenvalue weighted by atomic mass is 16.6. The Morgan fingerprint density at radius 2 is 2.06 bits per heavy atom. The Kier molecular flexibility index (Phi) is 3.60. The van der Waals surface area contributed by atoms with Crippen LogP contribution >= 0.6 is 0 Å². The Morgan fingerprint density at radius 1 is 1.41 bits per heavy atom. The topological polar surface area (TPSA) is 71.2 Å². The number of amides is 1. The first-order chi connectivity index (χ1) is 7.77. The van der Waals surface area contributed by atoms with Crippen LogP contribution in [0.25, 0.3) is 0 Å². The van der Waals surface area contributed by atoms with Gasteiger partial charge in [0.15, 0.2) is 6.29 Å². The molecule has 1 unspecified atom stereocenters. The molecule has 0 aliphatic heterocycles. The van der Waals surface area contributed by atoms with Gasteiger partial charge in [-0.3, -0.25) is 0 Å². The summed E-state index contributed by atoms with van der Waals surface area (Å²) in [5, 5.41) is 2.54. The van der Waals surface area contributed by atoms with Crippen molar-refractivity contribution in [1.82, 2.24) is 10.3 Å². The summed E-state index contributed by atoms with van der Waals surface area (Å²) in [5.41, 5.74) is -1.09. The van der Waals surface area contributed by atoms with Crippen LogP contribution in [0, 0.1) is 0 Å². The third kappa shape index (κ3) is 3.62. The molecule has 2 N–H and O–H groups in total. The number of aromatic nitrogens is 1. The SMILES string of the molecule is CC(C)(C)OC(=O)NC(C)(C=O)c1ccc[nH]1. The Labute approximate surface area is 101 Å². The van der Waals surface area contributed by atoms with Crippen LogP contribution in [0.1, 0.15) is 33.4 Å². The van der Waals surface area contributed by atoms with E-state index >= 15 is 0 Å². The fourth-order valence-electron chi connectivity index (χ4n) is 1.33. The smallest absolute Gasteiger partial charge is 0.408 e. The van der Waals surface area contributed by atoms with E-state index in [9.17, 15) is 9.59 Å². The zero-order valence-corrected chi connectivity index (χ0v) is 10.5. The van der Waals surface area contributed by atoms with Gasteiger partial charge in [-0.15, -0.1) is 0 Å². The average molecular weight is 238 g/mol. The third-order valence-electron chi connectivity index (χ3n) is 2.15. The first-order valence-corrected chi connectivity index (χ1v) is 5.38. The van der Waals surface area contributed by atoms with E-state index in [1.165, 1.54) is 0 Å². The number of nitrogens with one attached hydrogen (secondary N) is 2.